The number of nitrogens with zero attached hydrogens (tertiary/aromatic N) is 2. The summed E-state index contributed by atoms with van der Waals surface area (Å²) in [5, 5.41) is 3.97. The summed E-state index contributed by atoms with van der Waals surface area (Å²) in [6.45, 7) is 1.33. The number of rotatable bonds is 10. The Morgan fingerprint density at radius 2 is 1.57 bits per heavy atom. The van der Waals surface area contributed by atoms with Gasteiger partial charge in [-0.3, -0.25) is 9.10 Å². The van der Waals surface area contributed by atoms with Crippen molar-refractivity contribution in [3.05, 3.63) is 77.9 Å². The number of para-hydroxylation sites is 3. The van der Waals surface area contributed by atoms with Gasteiger partial charge in [0, 0.05) is 5.56 Å². The van der Waals surface area contributed by atoms with Gasteiger partial charge >= 0.3 is 0 Å². The summed E-state index contributed by atoms with van der Waals surface area (Å²) in [4.78, 5) is 12.8. The summed E-state index contributed by atoms with van der Waals surface area (Å²) in [7, 11) is 0.351. The van der Waals surface area contributed by atoms with Gasteiger partial charge in [-0.25, -0.2) is 13.8 Å². The fraction of sp³-hybridized carbons (Fsp3) is 0.200. The first kappa shape index (κ1) is 25.6. The Labute approximate surface area is 205 Å². The van der Waals surface area contributed by atoms with E-state index < -0.39 is 22.5 Å². The zero-order chi connectivity index (χ0) is 25.4. The number of hydrogen-bond donors (Lipinski definition) is 1. The number of sulfonamides is 1. The van der Waals surface area contributed by atoms with Crippen molar-refractivity contribution in [2.45, 2.75) is 11.8 Å². The van der Waals surface area contributed by atoms with Crippen molar-refractivity contribution >= 4 is 27.8 Å². The number of hydrogen-bond acceptors (Lipinski definition) is 7. The molecule has 10 heteroatoms. The first-order valence-corrected chi connectivity index (χ1v) is 12.0. The molecule has 0 aliphatic rings. The van der Waals surface area contributed by atoms with E-state index in [2.05, 4.69) is 10.5 Å². The van der Waals surface area contributed by atoms with Crippen LogP contribution in [0.15, 0.2) is 76.7 Å². The van der Waals surface area contributed by atoms with Crippen molar-refractivity contribution in [1.29, 1.82) is 0 Å². The predicted octanol–water partition coefficient (Wildman–Crippen LogP) is 3.37. The van der Waals surface area contributed by atoms with Gasteiger partial charge in [-0.1, -0.05) is 35.9 Å². The molecule has 0 spiro atoms. The van der Waals surface area contributed by atoms with Gasteiger partial charge in [-0.05, 0) is 43.3 Å². The molecule has 9 nitrogen and oxygen atoms in total. The van der Waals surface area contributed by atoms with Gasteiger partial charge < -0.3 is 14.2 Å². The fourth-order valence-electron chi connectivity index (χ4n) is 3.33. The zero-order valence-corrected chi connectivity index (χ0v) is 20.7. The molecule has 3 rings (SSSR count). The highest BCUT2D eigenvalue weighted by Gasteiger charge is 2.29. The average Bonchev–Trinajstić information content (AvgIpc) is 2.87. The number of carbonyl (C=O) groups is 1. The number of carbonyl (C=O) groups excluding carboxylic acids is 1. The molecule has 0 aromatic heterocycles. The van der Waals surface area contributed by atoms with Crippen molar-refractivity contribution in [3.63, 3.8) is 0 Å². The van der Waals surface area contributed by atoms with Crippen LogP contribution in [0, 0.1) is 6.92 Å². The maximum atomic E-state index is 13.5. The third kappa shape index (κ3) is 5.90. The predicted molar refractivity (Wildman–Crippen MR) is 134 cm³/mol. The summed E-state index contributed by atoms with van der Waals surface area (Å²) in [5.74, 6) is 0.616. The maximum Gasteiger partial charge on any atom is 0.264 e. The average molecular weight is 498 g/mol. The van der Waals surface area contributed by atoms with Crippen LogP contribution in [0.2, 0.25) is 0 Å². The van der Waals surface area contributed by atoms with E-state index in [0.717, 1.165) is 9.87 Å². The number of anilines is 1. The second-order valence-electron chi connectivity index (χ2n) is 7.37. The van der Waals surface area contributed by atoms with Crippen LogP contribution >= 0.6 is 0 Å². The topological polar surface area (TPSA) is 107 Å². The molecule has 1 N–H and O–H groups in total. The first-order chi connectivity index (χ1) is 16.8. The Balaban J connectivity index is 1.89. The number of amides is 1. The third-order valence-electron chi connectivity index (χ3n) is 5.08. The second-order valence-corrected chi connectivity index (χ2v) is 9.23. The molecule has 1 amide bonds. The van der Waals surface area contributed by atoms with Crippen LogP contribution in [0.1, 0.15) is 11.1 Å². The lowest BCUT2D eigenvalue weighted by molar-refractivity contribution is -0.119. The number of nitrogens with one attached hydrogen (secondary N) is 1. The van der Waals surface area contributed by atoms with E-state index in [4.69, 9.17) is 14.2 Å². The molecular formula is C25H27N3O6S. The molecule has 0 aliphatic heterocycles. The van der Waals surface area contributed by atoms with Crippen molar-refractivity contribution < 1.29 is 27.4 Å². The molecule has 3 aromatic rings. The Bertz CT molecular complexity index is 1310. The van der Waals surface area contributed by atoms with Crippen molar-refractivity contribution in [3.8, 4) is 17.2 Å². The molecular weight excluding hydrogens is 470 g/mol. The van der Waals surface area contributed by atoms with Crippen LogP contribution in [0.5, 0.6) is 17.2 Å². The van der Waals surface area contributed by atoms with Gasteiger partial charge in [0.1, 0.15) is 12.3 Å². The monoisotopic (exact) mass is 497 g/mol. The van der Waals surface area contributed by atoms with Crippen LogP contribution < -0.4 is 23.9 Å². The smallest absolute Gasteiger partial charge is 0.264 e. The maximum absolute atomic E-state index is 13.5. The minimum absolute atomic E-state index is 0.0476. The number of hydrazone groups is 1. The fourth-order valence-corrected chi connectivity index (χ4v) is 4.76. The Morgan fingerprint density at radius 3 is 2.23 bits per heavy atom. The Hall–Kier alpha value is -4.05. The second kappa shape index (κ2) is 11.4. The minimum Gasteiger partial charge on any atom is -0.495 e. The van der Waals surface area contributed by atoms with Gasteiger partial charge in [-0.15, -0.1) is 0 Å². The van der Waals surface area contributed by atoms with E-state index in [0.29, 0.717) is 22.8 Å². The van der Waals surface area contributed by atoms with E-state index in [1.807, 2.05) is 6.92 Å². The largest absolute Gasteiger partial charge is 0.495 e. The van der Waals surface area contributed by atoms with Gasteiger partial charge in [0.05, 0.1) is 38.1 Å². The van der Waals surface area contributed by atoms with Gasteiger partial charge in [0.15, 0.2) is 11.5 Å². The molecule has 0 unspecified atom stereocenters. The Morgan fingerprint density at radius 1 is 0.914 bits per heavy atom. The highest BCUT2D eigenvalue weighted by atomic mass is 32.2. The number of methoxy groups -OCH3 is 3. The highest BCUT2D eigenvalue weighted by Crippen LogP contribution is 2.32. The van der Waals surface area contributed by atoms with Crippen LogP contribution in [0.25, 0.3) is 0 Å². The molecule has 3 aromatic carbocycles. The SMILES string of the molecule is COc1ccccc1N(CC(=O)N/N=C\c1cccc(OC)c1OC)S(=O)(=O)c1ccc(C)cc1. The van der Waals surface area contributed by atoms with Gasteiger partial charge in [0.25, 0.3) is 15.9 Å². The Kier molecular flexibility index (Phi) is 8.32. The number of benzene rings is 3. The molecule has 0 heterocycles. The number of aryl methyl sites for hydroxylation is 1. The van der Waals surface area contributed by atoms with Crippen LogP contribution in [0.4, 0.5) is 5.69 Å². The van der Waals surface area contributed by atoms with E-state index in [1.54, 1.807) is 54.6 Å². The molecule has 0 radical (unpaired) electrons. The molecule has 0 saturated carbocycles. The zero-order valence-electron chi connectivity index (χ0n) is 19.9. The molecule has 0 aliphatic carbocycles. The molecule has 184 valence electrons. The highest BCUT2D eigenvalue weighted by molar-refractivity contribution is 7.92. The van der Waals surface area contributed by atoms with Crippen molar-refractivity contribution in [2.24, 2.45) is 5.10 Å². The first-order valence-electron chi connectivity index (χ1n) is 10.6. The standard InChI is InChI=1S/C25H27N3O6S/c1-18-12-14-20(15-13-18)35(30,31)28(21-9-5-6-10-22(21)32-2)17-24(29)27-26-16-19-8-7-11-23(33-3)25(19)34-4/h5-16H,17H2,1-4H3,(H,27,29)/b26-16-. The van der Waals surface area contributed by atoms with E-state index in [9.17, 15) is 13.2 Å². The van der Waals surface area contributed by atoms with Crippen LogP contribution in [0.3, 0.4) is 0 Å². The molecule has 0 bridgehead atoms. The quantitative estimate of drug-likeness (QED) is 0.340. The normalized spacial score (nSPS) is 11.2. The lowest BCUT2D eigenvalue weighted by Gasteiger charge is -2.25. The third-order valence-corrected chi connectivity index (χ3v) is 6.85. The van der Waals surface area contributed by atoms with E-state index >= 15 is 0 Å². The summed E-state index contributed by atoms with van der Waals surface area (Å²) < 4.78 is 44.0. The lowest BCUT2D eigenvalue weighted by Crippen LogP contribution is -2.39. The molecule has 0 fully saturated rings. The minimum atomic E-state index is -4.09. The lowest BCUT2D eigenvalue weighted by atomic mass is 10.2. The van der Waals surface area contributed by atoms with Gasteiger partial charge in [0.2, 0.25) is 0 Å². The van der Waals surface area contributed by atoms with E-state index in [-0.39, 0.29) is 10.6 Å². The van der Waals surface area contributed by atoms with E-state index in [1.165, 1.54) is 39.7 Å². The summed E-state index contributed by atoms with van der Waals surface area (Å²) in [5.41, 5.74) is 4.08. The van der Waals surface area contributed by atoms with Crippen molar-refractivity contribution in [2.75, 3.05) is 32.2 Å². The van der Waals surface area contributed by atoms with Crippen LogP contribution in [-0.4, -0.2) is 48.4 Å². The van der Waals surface area contributed by atoms with Gasteiger partial charge in [-0.2, -0.15) is 5.10 Å². The molecule has 35 heavy (non-hydrogen) atoms. The molecule has 0 atom stereocenters. The summed E-state index contributed by atoms with van der Waals surface area (Å²) in [6, 6.07) is 18.2. The summed E-state index contributed by atoms with van der Waals surface area (Å²) >= 11 is 0. The molecule has 0 saturated heterocycles. The number of ether oxygens (including phenoxy) is 3. The summed E-state index contributed by atoms with van der Waals surface area (Å²) in [6.07, 6.45) is 1.39. The van der Waals surface area contributed by atoms with Crippen molar-refractivity contribution in [1.82, 2.24) is 5.43 Å². The van der Waals surface area contributed by atoms with Crippen LogP contribution in [-0.2, 0) is 14.8 Å².